The van der Waals surface area contributed by atoms with E-state index >= 15 is 4.39 Å². The van der Waals surface area contributed by atoms with E-state index in [4.69, 9.17) is 67.0 Å². The van der Waals surface area contributed by atoms with Gasteiger partial charge in [-0.1, -0.05) is 6.92 Å². The third-order valence-corrected chi connectivity index (χ3v) is 11.8. The number of aromatic nitrogens is 8. The number of fused-ring (bicyclic) bond motifs is 5. The number of nitrogens with two attached hydrogens (primary N) is 2. The van der Waals surface area contributed by atoms with E-state index in [9.17, 15) is 18.7 Å². The minimum absolute atomic E-state index is 0.0182. The molecular formula is C31H41FN10O16P2. The van der Waals surface area contributed by atoms with Crippen LogP contribution in [0.5, 0.6) is 0 Å². The van der Waals surface area contributed by atoms with Crippen LogP contribution in [0.3, 0.4) is 0 Å². The molecule has 3 saturated heterocycles. The smallest absolute Gasteiger partial charge is 0.432 e. The third-order valence-electron chi connectivity index (χ3n) is 9.02. The second-order valence-corrected chi connectivity index (χ2v) is 17.1. The summed E-state index contributed by atoms with van der Waals surface area (Å²) in [7, 11) is -9.98. The van der Waals surface area contributed by atoms with Crippen LogP contribution >= 0.6 is 15.6 Å². The fourth-order valence-electron chi connectivity index (χ4n) is 6.26. The molecule has 2 bridgehead atoms. The van der Waals surface area contributed by atoms with Gasteiger partial charge in [-0.15, -0.1) is 0 Å². The summed E-state index contributed by atoms with van der Waals surface area (Å²) < 4.78 is 115. The number of halogens is 1. The van der Waals surface area contributed by atoms with E-state index in [1.165, 1.54) is 28.1 Å². The monoisotopic (exact) mass is 890 g/mol. The van der Waals surface area contributed by atoms with Crippen LogP contribution in [0.1, 0.15) is 47.1 Å². The minimum Gasteiger partial charge on any atom is -0.432 e. The lowest BCUT2D eigenvalue weighted by atomic mass is 10.0. The van der Waals surface area contributed by atoms with Crippen molar-refractivity contribution in [2.45, 2.75) is 89.9 Å². The quantitative estimate of drug-likeness (QED) is 0.130. The number of carbonyl (C=O) groups excluding carboxylic acids is 2. The molecule has 0 aromatic carbocycles. The molecule has 60 heavy (non-hydrogen) atoms. The van der Waals surface area contributed by atoms with Crippen molar-refractivity contribution >= 4 is 61.9 Å². The van der Waals surface area contributed by atoms with Crippen LogP contribution in [0.15, 0.2) is 25.3 Å². The Bertz CT molecular complexity index is 2290. The van der Waals surface area contributed by atoms with Gasteiger partial charge in [-0.2, -0.15) is 0 Å². The van der Waals surface area contributed by atoms with Gasteiger partial charge in [0.1, 0.15) is 42.0 Å². The number of carbonyl (C=O) groups is 2. The molecule has 29 heteroatoms. The predicted molar refractivity (Wildman–Crippen MR) is 196 cm³/mol. The Labute approximate surface area is 338 Å². The molecule has 4 N–H and O–H groups in total. The number of anilines is 2. The van der Waals surface area contributed by atoms with E-state index < -0.39 is 116 Å². The van der Waals surface area contributed by atoms with Crippen LogP contribution in [0.25, 0.3) is 22.3 Å². The molecule has 3 aliphatic rings. The fourth-order valence-corrected chi connectivity index (χ4v) is 8.82. The minimum atomic E-state index is -5.02. The molecule has 4 aromatic heterocycles. The summed E-state index contributed by atoms with van der Waals surface area (Å²) in [5, 5.41) is 0. The molecule has 0 aliphatic carbocycles. The first-order valence-electron chi connectivity index (χ1n) is 18.2. The Kier molecular flexibility index (Phi) is 12.8. The molecule has 0 spiro atoms. The highest BCUT2D eigenvalue weighted by atomic mass is 31.2. The number of phosphoric ester groups is 2. The zero-order valence-electron chi connectivity index (χ0n) is 32.4. The first kappa shape index (κ1) is 43.4. The van der Waals surface area contributed by atoms with Crippen molar-refractivity contribution in [2.75, 3.05) is 38.3 Å². The van der Waals surface area contributed by atoms with Gasteiger partial charge in [0, 0.05) is 5.92 Å². The molecule has 0 amide bonds. The van der Waals surface area contributed by atoms with Crippen LogP contribution in [-0.2, 0) is 64.7 Å². The number of imidazole rings is 2. The first-order valence-corrected chi connectivity index (χ1v) is 21.1. The van der Waals surface area contributed by atoms with Gasteiger partial charge in [0.05, 0.1) is 44.2 Å². The van der Waals surface area contributed by atoms with Gasteiger partial charge in [-0.05, 0) is 27.7 Å². The van der Waals surface area contributed by atoms with E-state index in [0.29, 0.717) is 0 Å². The summed E-state index contributed by atoms with van der Waals surface area (Å²) in [6.45, 7) is 4.34. The van der Waals surface area contributed by atoms with E-state index in [2.05, 4.69) is 29.9 Å². The van der Waals surface area contributed by atoms with Gasteiger partial charge in [0.2, 0.25) is 13.6 Å². The molecular weight excluding hydrogens is 849 g/mol. The zero-order valence-corrected chi connectivity index (χ0v) is 34.2. The Morgan fingerprint density at radius 2 is 1.22 bits per heavy atom. The molecule has 3 fully saturated rings. The summed E-state index contributed by atoms with van der Waals surface area (Å²) in [6.07, 6.45) is -9.80. The van der Waals surface area contributed by atoms with Crippen LogP contribution in [0.4, 0.5) is 25.6 Å². The second kappa shape index (κ2) is 17.7. The molecule has 26 nitrogen and oxygen atoms in total. The van der Waals surface area contributed by atoms with E-state index in [-0.39, 0.29) is 34.0 Å². The fraction of sp³-hybridized carbons (Fsp3) is 0.613. The summed E-state index contributed by atoms with van der Waals surface area (Å²) in [5.74, 6) is -0.823. The zero-order chi connectivity index (χ0) is 42.9. The van der Waals surface area contributed by atoms with Crippen LogP contribution in [0.2, 0.25) is 0 Å². The molecule has 0 saturated carbocycles. The number of rotatable bonds is 10. The lowest BCUT2D eigenvalue weighted by Crippen LogP contribution is -2.35. The van der Waals surface area contributed by atoms with Gasteiger partial charge in [0.25, 0.3) is 0 Å². The number of nitrogen functional groups attached to an aromatic ring is 2. The molecule has 8 unspecified atom stereocenters. The summed E-state index contributed by atoms with van der Waals surface area (Å²) >= 11 is 0. The predicted octanol–water partition coefficient (Wildman–Crippen LogP) is 3.70. The van der Waals surface area contributed by atoms with Crippen molar-refractivity contribution in [1.82, 2.24) is 39.0 Å². The topological polar surface area (TPSA) is 318 Å². The molecule has 7 rings (SSSR count). The van der Waals surface area contributed by atoms with Crippen molar-refractivity contribution in [3.63, 3.8) is 0 Å². The maximum Gasteiger partial charge on any atom is 0.510 e. The number of nitrogens with zero attached hydrogens (tertiary/aromatic N) is 8. The van der Waals surface area contributed by atoms with E-state index in [1.54, 1.807) is 34.6 Å². The van der Waals surface area contributed by atoms with Crippen molar-refractivity contribution in [2.24, 2.45) is 5.92 Å². The van der Waals surface area contributed by atoms with E-state index in [0.717, 1.165) is 6.33 Å². The third kappa shape index (κ3) is 9.29. The molecule has 0 radical (unpaired) electrons. The van der Waals surface area contributed by atoms with Crippen LogP contribution in [-0.4, -0.2) is 121 Å². The second-order valence-electron chi connectivity index (χ2n) is 13.8. The Balaban J connectivity index is 1.25. The van der Waals surface area contributed by atoms with Gasteiger partial charge in [0.15, 0.2) is 41.6 Å². The number of hydrogen-bond acceptors (Lipinski definition) is 24. The highest BCUT2D eigenvalue weighted by Gasteiger charge is 2.55. The summed E-state index contributed by atoms with van der Waals surface area (Å²) in [4.78, 5) is 49.0. The normalized spacial score (nSPS) is 31.1. The van der Waals surface area contributed by atoms with Crippen molar-refractivity contribution in [1.29, 1.82) is 0 Å². The SMILES string of the molecule is CC(C)OC(=O)OCOP1(=O)OC[C@H]2OC(n3cnc4c(N)ncnc43)C(F)C2OP(=O)(OCOC(=O)OC(C)C)OC[C@H]2OC(n3cnc4c(N)ncnc43)C(O1)C2C. The molecule has 7 heterocycles. The molecule has 4 aromatic rings. The number of phosphoric acid groups is 2. The Hall–Kier alpha value is -4.69. The first-order chi connectivity index (χ1) is 28.5. The number of alkyl halides is 1. The maximum atomic E-state index is 16.8. The lowest BCUT2D eigenvalue weighted by molar-refractivity contribution is -0.0815. The lowest BCUT2D eigenvalue weighted by Gasteiger charge is -2.28. The summed E-state index contributed by atoms with van der Waals surface area (Å²) in [5.41, 5.74) is 12.5. The van der Waals surface area contributed by atoms with Crippen molar-refractivity contribution in [3.05, 3.63) is 25.3 Å². The molecule has 10 atom stereocenters. The number of hydrogen-bond donors (Lipinski definition) is 2. The van der Waals surface area contributed by atoms with Crippen molar-refractivity contribution in [3.8, 4) is 0 Å². The van der Waals surface area contributed by atoms with Crippen LogP contribution in [0, 0.1) is 5.92 Å². The van der Waals surface area contributed by atoms with E-state index in [1.807, 2.05) is 0 Å². The number of ether oxygens (including phenoxy) is 6. The van der Waals surface area contributed by atoms with Crippen molar-refractivity contribution < 1.29 is 78.7 Å². The maximum absolute atomic E-state index is 16.8. The summed E-state index contributed by atoms with van der Waals surface area (Å²) in [6, 6.07) is 0. The average molecular weight is 891 g/mol. The van der Waals surface area contributed by atoms with Gasteiger partial charge in [-0.25, -0.2) is 62.1 Å². The Morgan fingerprint density at radius 3 is 1.73 bits per heavy atom. The standard InChI is InChI=1S/C31H41FN10O16P2/c1-14(2)53-30(43)47-12-51-59(45)50-7-18-23(19(32)28(56-18)41-10-39-20-24(33)35-8-37-26(20)41)58-60(46,52-13-48-31(44)54-15(3)4)49-6-17-16(5)22(57-59)29(55-17)42-11-40-21-25(34)36-9-38-27(21)42/h8-11,14-19,22-23,28-29H,6-7,12-13H2,1-5H3,(H2,33,35,37)(H2,34,36,38)/t16?,17-,18-,19?,22?,23?,28?,29?,59?,60?/m1/s1. The van der Waals surface area contributed by atoms with Gasteiger partial charge >= 0.3 is 28.0 Å². The highest BCUT2D eigenvalue weighted by molar-refractivity contribution is 7.48. The average Bonchev–Trinajstić information content (AvgIpc) is 3.94. The van der Waals surface area contributed by atoms with Gasteiger partial charge in [-0.3, -0.25) is 27.2 Å². The molecule has 328 valence electrons. The highest BCUT2D eigenvalue weighted by Crippen LogP contribution is 2.58. The molecule has 3 aliphatic heterocycles. The van der Waals surface area contributed by atoms with Gasteiger partial charge < -0.3 is 39.9 Å². The largest absolute Gasteiger partial charge is 0.510 e. The Morgan fingerprint density at radius 1 is 0.750 bits per heavy atom. The van der Waals surface area contributed by atoms with Crippen LogP contribution < -0.4 is 11.5 Å².